The molecule has 0 saturated heterocycles. The molecule has 19 heavy (non-hydrogen) atoms. The summed E-state index contributed by atoms with van der Waals surface area (Å²) in [7, 11) is 1.71. The molecule has 0 aliphatic carbocycles. The van der Waals surface area contributed by atoms with Crippen molar-refractivity contribution in [2.24, 2.45) is 0 Å². The average Bonchev–Trinajstić information content (AvgIpc) is 2.91. The lowest BCUT2D eigenvalue weighted by Crippen LogP contribution is -2.18. The van der Waals surface area contributed by atoms with Crippen LogP contribution in [0.15, 0.2) is 38.2 Å². The van der Waals surface area contributed by atoms with Crippen LogP contribution in [0.2, 0.25) is 0 Å². The zero-order valence-corrected chi connectivity index (χ0v) is 13.6. The van der Waals surface area contributed by atoms with Crippen molar-refractivity contribution < 1.29 is 4.74 Å². The molecule has 0 atom stereocenters. The molecule has 1 aromatic carbocycles. The van der Waals surface area contributed by atoms with E-state index in [1.807, 2.05) is 0 Å². The molecule has 1 N–H and O–H groups in total. The molecule has 0 spiro atoms. The number of hydrogen-bond donors (Lipinski definition) is 1. The molecule has 0 aliphatic heterocycles. The van der Waals surface area contributed by atoms with Gasteiger partial charge in [-0.15, -0.1) is 0 Å². The van der Waals surface area contributed by atoms with Crippen molar-refractivity contribution in [1.29, 1.82) is 0 Å². The lowest BCUT2D eigenvalue weighted by Gasteiger charge is -2.07. The topological polar surface area (TPSA) is 47.0 Å². The molecule has 0 fully saturated rings. The first kappa shape index (κ1) is 14.9. The summed E-state index contributed by atoms with van der Waals surface area (Å²) in [4.78, 5) is 5.32. The molecule has 2 aromatic rings. The van der Waals surface area contributed by atoms with Crippen molar-refractivity contribution in [3.05, 3.63) is 34.6 Å². The lowest BCUT2D eigenvalue weighted by atomic mass is 10.2. The molecule has 1 heterocycles. The van der Waals surface area contributed by atoms with E-state index in [1.165, 1.54) is 17.1 Å². The number of halogens is 1. The van der Waals surface area contributed by atoms with Crippen molar-refractivity contribution in [2.75, 3.05) is 20.3 Å². The summed E-state index contributed by atoms with van der Waals surface area (Å²) >= 11 is 6.62. The molecule has 4 nitrogen and oxygen atoms in total. The monoisotopic (exact) mass is 359 g/mol. The molecule has 0 amide bonds. The number of benzene rings is 1. The quantitative estimate of drug-likeness (QED) is 0.769. The molecule has 102 valence electrons. The van der Waals surface area contributed by atoms with Gasteiger partial charge in [0.05, 0.1) is 6.61 Å². The highest BCUT2D eigenvalue weighted by Gasteiger charge is 2.06. The Labute approximate surface area is 129 Å². The van der Waals surface area contributed by atoms with Gasteiger partial charge < -0.3 is 10.1 Å². The van der Waals surface area contributed by atoms with Gasteiger partial charge in [0.25, 0.3) is 0 Å². The zero-order valence-electron chi connectivity index (χ0n) is 10.4. The Morgan fingerprint density at radius 1 is 1.47 bits per heavy atom. The van der Waals surface area contributed by atoms with Crippen LogP contribution in [0.3, 0.4) is 0 Å². The third-order valence-corrected chi connectivity index (χ3v) is 5.06. The zero-order chi connectivity index (χ0) is 13.5. The fourth-order valence-electron chi connectivity index (χ4n) is 1.45. The van der Waals surface area contributed by atoms with E-state index in [0.29, 0.717) is 0 Å². The van der Waals surface area contributed by atoms with E-state index >= 15 is 0 Å². The number of methoxy groups -OCH3 is 1. The van der Waals surface area contributed by atoms with Gasteiger partial charge >= 0.3 is 0 Å². The fraction of sp³-hybridized carbons (Fsp3) is 0.333. The molecule has 0 radical (unpaired) electrons. The van der Waals surface area contributed by atoms with Crippen LogP contribution in [-0.2, 0) is 11.3 Å². The van der Waals surface area contributed by atoms with Gasteiger partial charge in [-0.1, -0.05) is 17.8 Å². The molecular formula is C12H14BrN3OS2. The van der Waals surface area contributed by atoms with E-state index in [9.17, 15) is 0 Å². The first-order valence-corrected chi connectivity index (χ1v) is 8.10. The Bertz CT molecular complexity index is 508. The molecule has 0 unspecified atom stereocenters. The Balaban J connectivity index is 1.93. The third kappa shape index (κ3) is 4.85. The summed E-state index contributed by atoms with van der Waals surface area (Å²) in [5, 5.41) is 3.32. The predicted molar refractivity (Wildman–Crippen MR) is 81.8 cm³/mol. The minimum atomic E-state index is 0.728. The summed E-state index contributed by atoms with van der Waals surface area (Å²) in [6.45, 7) is 2.42. The van der Waals surface area contributed by atoms with Crippen LogP contribution in [0.4, 0.5) is 0 Å². The highest BCUT2D eigenvalue weighted by Crippen LogP contribution is 2.34. The van der Waals surface area contributed by atoms with Gasteiger partial charge in [-0.05, 0) is 45.2 Å². The molecule has 0 aliphatic rings. The Morgan fingerprint density at radius 3 is 3.05 bits per heavy atom. The summed E-state index contributed by atoms with van der Waals surface area (Å²) in [6, 6.07) is 6.35. The maximum Gasteiger partial charge on any atom is 0.174 e. The molecule has 7 heteroatoms. The Hall–Kier alpha value is -0.470. The summed E-state index contributed by atoms with van der Waals surface area (Å²) in [5.74, 6) is 0. The molecule has 0 bridgehead atoms. The highest BCUT2D eigenvalue weighted by molar-refractivity contribution is 9.10. The van der Waals surface area contributed by atoms with Gasteiger partial charge in [-0.3, -0.25) is 0 Å². The summed E-state index contributed by atoms with van der Waals surface area (Å²) in [6.07, 6.45) is 1.58. The first-order valence-electron chi connectivity index (χ1n) is 5.72. The number of nitrogens with one attached hydrogen (secondary N) is 1. The van der Waals surface area contributed by atoms with E-state index in [-0.39, 0.29) is 0 Å². The number of ether oxygens (including phenoxy) is 1. The van der Waals surface area contributed by atoms with Crippen molar-refractivity contribution in [3.63, 3.8) is 0 Å². The van der Waals surface area contributed by atoms with Crippen LogP contribution in [0, 0.1) is 0 Å². The van der Waals surface area contributed by atoms with Gasteiger partial charge in [0.15, 0.2) is 4.34 Å². The normalized spacial score (nSPS) is 10.8. The van der Waals surface area contributed by atoms with Crippen LogP contribution in [0.25, 0.3) is 0 Å². The van der Waals surface area contributed by atoms with Crippen LogP contribution < -0.4 is 5.32 Å². The SMILES string of the molecule is COCCNCc1ccc(Sc2ncns2)c(Br)c1. The number of rotatable bonds is 7. The van der Waals surface area contributed by atoms with E-state index in [2.05, 4.69) is 48.8 Å². The largest absolute Gasteiger partial charge is 0.383 e. The summed E-state index contributed by atoms with van der Waals surface area (Å²) < 4.78 is 11.0. The second-order valence-corrected chi connectivity index (χ2v) is 6.67. The van der Waals surface area contributed by atoms with Gasteiger partial charge in [0.2, 0.25) is 0 Å². The highest BCUT2D eigenvalue weighted by atomic mass is 79.9. The van der Waals surface area contributed by atoms with E-state index in [1.54, 1.807) is 25.2 Å². The standard InChI is InChI=1S/C12H14BrN3OS2/c1-17-5-4-14-7-9-2-3-11(10(13)6-9)18-12-15-8-16-19-12/h2-3,6,8,14H,4-5,7H2,1H3. The predicted octanol–water partition coefficient (Wildman–Crippen LogP) is 3.19. The Kier molecular flexibility index (Phi) is 6.25. The minimum Gasteiger partial charge on any atom is -0.383 e. The van der Waals surface area contributed by atoms with E-state index in [4.69, 9.17) is 4.74 Å². The second kappa shape index (κ2) is 7.96. The number of aromatic nitrogens is 2. The molecular weight excluding hydrogens is 346 g/mol. The van der Waals surface area contributed by atoms with Crippen LogP contribution in [-0.4, -0.2) is 29.6 Å². The molecule has 0 saturated carbocycles. The van der Waals surface area contributed by atoms with Gasteiger partial charge in [0, 0.05) is 29.6 Å². The van der Waals surface area contributed by atoms with Gasteiger partial charge in [-0.25, -0.2) is 4.98 Å². The average molecular weight is 360 g/mol. The summed E-state index contributed by atoms with van der Waals surface area (Å²) in [5.41, 5.74) is 1.24. The third-order valence-electron chi connectivity index (χ3n) is 2.35. The second-order valence-electron chi connectivity index (χ2n) is 3.74. The van der Waals surface area contributed by atoms with Gasteiger partial charge in [-0.2, -0.15) is 4.37 Å². The van der Waals surface area contributed by atoms with Crippen molar-refractivity contribution in [3.8, 4) is 0 Å². The minimum absolute atomic E-state index is 0.728. The molecule has 1 aromatic heterocycles. The van der Waals surface area contributed by atoms with Crippen molar-refractivity contribution in [2.45, 2.75) is 15.8 Å². The van der Waals surface area contributed by atoms with Crippen LogP contribution in [0.1, 0.15) is 5.56 Å². The first-order chi connectivity index (χ1) is 9.29. The lowest BCUT2D eigenvalue weighted by molar-refractivity contribution is 0.199. The van der Waals surface area contributed by atoms with Crippen LogP contribution in [0.5, 0.6) is 0 Å². The smallest absolute Gasteiger partial charge is 0.174 e. The number of nitrogens with zero attached hydrogens (tertiary/aromatic N) is 2. The Morgan fingerprint density at radius 2 is 2.37 bits per heavy atom. The van der Waals surface area contributed by atoms with Crippen molar-refractivity contribution in [1.82, 2.24) is 14.7 Å². The van der Waals surface area contributed by atoms with Crippen molar-refractivity contribution >= 4 is 39.2 Å². The maximum absolute atomic E-state index is 4.99. The fourth-order valence-corrected chi connectivity index (χ4v) is 3.52. The maximum atomic E-state index is 4.99. The van der Waals surface area contributed by atoms with Gasteiger partial charge in [0.1, 0.15) is 6.33 Å². The molecule has 2 rings (SSSR count). The number of hydrogen-bond acceptors (Lipinski definition) is 6. The van der Waals surface area contributed by atoms with E-state index in [0.717, 1.165) is 33.4 Å². The van der Waals surface area contributed by atoms with E-state index < -0.39 is 0 Å². The van der Waals surface area contributed by atoms with Crippen LogP contribution >= 0.6 is 39.2 Å².